The molecule has 0 saturated heterocycles. The summed E-state index contributed by atoms with van der Waals surface area (Å²) in [5, 5.41) is 11.3. The predicted molar refractivity (Wildman–Crippen MR) is 153 cm³/mol. The lowest BCUT2D eigenvalue weighted by atomic mass is 10.1. The van der Waals surface area contributed by atoms with Crippen LogP contribution in [0.5, 0.6) is 11.5 Å². The number of pyridine rings is 1. The lowest BCUT2D eigenvalue weighted by Gasteiger charge is -2.19. The van der Waals surface area contributed by atoms with Crippen LogP contribution in [0.3, 0.4) is 0 Å². The first-order chi connectivity index (χ1) is 19.0. The van der Waals surface area contributed by atoms with Gasteiger partial charge >= 0.3 is 5.97 Å². The quantitative estimate of drug-likeness (QED) is 0.219. The van der Waals surface area contributed by atoms with Crippen LogP contribution in [0.1, 0.15) is 33.3 Å². The summed E-state index contributed by atoms with van der Waals surface area (Å²) in [5.41, 5.74) is 3.28. The number of carboxylic acid groups (broad SMARTS) is 1. The Balaban J connectivity index is 1.52. The molecule has 0 bridgehead atoms. The SMILES string of the molecule is C#CCOc1ccc(OCC(OCC#C)c2cccc(/C=C/c3ccc4ccc(Cl)cc4n3)c2)c(C(=O)O)c1. The van der Waals surface area contributed by atoms with Crippen LogP contribution in [0.2, 0.25) is 5.02 Å². The third-order valence-corrected chi connectivity index (χ3v) is 5.90. The smallest absolute Gasteiger partial charge is 0.339 e. The van der Waals surface area contributed by atoms with Gasteiger partial charge in [0.2, 0.25) is 0 Å². The second kappa shape index (κ2) is 13.2. The molecule has 0 aliphatic rings. The van der Waals surface area contributed by atoms with Crippen molar-refractivity contribution in [2.75, 3.05) is 19.8 Å². The third kappa shape index (κ3) is 7.40. The molecule has 0 aliphatic heterocycles. The highest BCUT2D eigenvalue weighted by atomic mass is 35.5. The van der Waals surface area contributed by atoms with Gasteiger partial charge in [0.15, 0.2) is 0 Å². The van der Waals surface area contributed by atoms with Crippen LogP contribution in [0, 0.1) is 24.7 Å². The molecule has 1 heterocycles. The van der Waals surface area contributed by atoms with Gasteiger partial charge in [-0.2, -0.15) is 0 Å². The van der Waals surface area contributed by atoms with Gasteiger partial charge in [-0.05, 0) is 59.7 Å². The van der Waals surface area contributed by atoms with Crippen LogP contribution < -0.4 is 9.47 Å². The largest absolute Gasteiger partial charge is 0.490 e. The van der Waals surface area contributed by atoms with E-state index in [4.69, 9.17) is 38.7 Å². The summed E-state index contributed by atoms with van der Waals surface area (Å²) in [6.07, 6.45) is 13.9. The molecule has 0 amide bonds. The van der Waals surface area contributed by atoms with Crippen molar-refractivity contribution in [2.24, 2.45) is 0 Å². The van der Waals surface area contributed by atoms with Gasteiger partial charge in [0.25, 0.3) is 0 Å². The zero-order chi connectivity index (χ0) is 27.6. The highest BCUT2D eigenvalue weighted by molar-refractivity contribution is 6.31. The van der Waals surface area contributed by atoms with Crippen molar-refractivity contribution in [2.45, 2.75) is 6.10 Å². The molecule has 4 aromatic rings. The van der Waals surface area contributed by atoms with Crippen molar-refractivity contribution in [3.63, 3.8) is 0 Å². The number of aromatic carboxylic acids is 1. The predicted octanol–water partition coefficient (Wildman–Crippen LogP) is 6.54. The zero-order valence-corrected chi connectivity index (χ0v) is 21.6. The van der Waals surface area contributed by atoms with E-state index in [2.05, 4.69) is 16.8 Å². The summed E-state index contributed by atoms with van der Waals surface area (Å²) in [4.78, 5) is 16.5. The van der Waals surface area contributed by atoms with E-state index in [-0.39, 0.29) is 31.1 Å². The number of rotatable bonds is 11. The summed E-state index contributed by atoms with van der Waals surface area (Å²) in [6, 6.07) is 21.7. The van der Waals surface area contributed by atoms with Gasteiger partial charge in [0.1, 0.15) is 43.0 Å². The lowest BCUT2D eigenvalue weighted by molar-refractivity contribution is 0.0375. The van der Waals surface area contributed by atoms with Crippen molar-refractivity contribution in [3.05, 3.63) is 100 Å². The van der Waals surface area contributed by atoms with Crippen LogP contribution in [0.25, 0.3) is 23.1 Å². The second-order valence-corrected chi connectivity index (χ2v) is 8.78. The van der Waals surface area contributed by atoms with E-state index in [9.17, 15) is 9.90 Å². The molecular formula is C32H24ClNO5. The molecule has 6 nitrogen and oxygen atoms in total. The van der Waals surface area contributed by atoms with E-state index in [1.807, 2.05) is 66.7 Å². The molecule has 194 valence electrons. The minimum atomic E-state index is -1.16. The molecule has 0 fully saturated rings. The van der Waals surface area contributed by atoms with Crippen LogP contribution in [0.15, 0.2) is 72.8 Å². The molecular weight excluding hydrogens is 514 g/mol. The second-order valence-electron chi connectivity index (χ2n) is 8.35. The fourth-order valence-electron chi connectivity index (χ4n) is 3.82. The van der Waals surface area contributed by atoms with Crippen molar-refractivity contribution in [1.82, 2.24) is 4.98 Å². The first kappa shape index (κ1) is 27.3. The van der Waals surface area contributed by atoms with E-state index in [0.717, 1.165) is 27.7 Å². The van der Waals surface area contributed by atoms with Gasteiger partial charge in [-0.15, -0.1) is 12.8 Å². The summed E-state index contributed by atoms with van der Waals surface area (Å²) in [7, 11) is 0. The fourth-order valence-corrected chi connectivity index (χ4v) is 3.98. The number of terminal acetylenes is 2. The van der Waals surface area contributed by atoms with E-state index >= 15 is 0 Å². The van der Waals surface area contributed by atoms with E-state index in [0.29, 0.717) is 10.8 Å². The van der Waals surface area contributed by atoms with Crippen molar-refractivity contribution in [1.29, 1.82) is 0 Å². The van der Waals surface area contributed by atoms with E-state index < -0.39 is 12.1 Å². The summed E-state index contributed by atoms with van der Waals surface area (Å²) < 4.78 is 17.1. The Hall–Kier alpha value is -4.75. The van der Waals surface area contributed by atoms with Gasteiger partial charge in [-0.3, -0.25) is 0 Å². The Morgan fingerprint density at radius 1 is 0.974 bits per heavy atom. The number of fused-ring (bicyclic) bond motifs is 1. The Morgan fingerprint density at radius 3 is 2.59 bits per heavy atom. The number of nitrogens with zero attached hydrogens (tertiary/aromatic N) is 1. The number of carbonyl (C=O) groups is 1. The molecule has 7 heteroatoms. The molecule has 39 heavy (non-hydrogen) atoms. The summed E-state index contributed by atoms with van der Waals surface area (Å²) in [5.74, 6) is 4.15. The number of halogens is 1. The molecule has 0 saturated carbocycles. The molecule has 3 aromatic carbocycles. The fraction of sp³-hybridized carbons (Fsp3) is 0.125. The molecule has 1 aromatic heterocycles. The average molecular weight is 538 g/mol. The Morgan fingerprint density at radius 2 is 1.79 bits per heavy atom. The standard InChI is InChI=1S/C32H24ClNO5/c1-3-16-37-27-14-15-30(28(20-27)32(35)36)39-21-31(38-17-4-2)24-7-5-6-22(18-24)8-12-26-13-10-23-9-11-25(33)19-29(23)34-26/h1-2,5-15,18-20,31H,16-17,21H2,(H,35,36)/b12-8+. The van der Waals surface area contributed by atoms with Crippen LogP contribution in [-0.2, 0) is 4.74 Å². The van der Waals surface area contributed by atoms with Crippen molar-refractivity contribution < 1.29 is 24.1 Å². The number of hydrogen-bond acceptors (Lipinski definition) is 5. The molecule has 0 spiro atoms. The number of hydrogen-bond donors (Lipinski definition) is 1. The molecule has 1 unspecified atom stereocenters. The average Bonchev–Trinajstić information content (AvgIpc) is 2.95. The molecule has 0 radical (unpaired) electrons. The van der Waals surface area contributed by atoms with Gasteiger partial charge in [-0.1, -0.05) is 59.8 Å². The van der Waals surface area contributed by atoms with Crippen LogP contribution >= 0.6 is 11.6 Å². The molecule has 1 atom stereocenters. The Bertz CT molecular complexity index is 1600. The van der Waals surface area contributed by atoms with Gasteiger partial charge in [-0.25, -0.2) is 9.78 Å². The van der Waals surface area contributed by atoms with Gasteiger partial charge in [0, 0.05) is 10.4 Å². The van der Waals surface area contributed by atoms with Gasteiger partial charge in [0.05, 0.1) is 11.2 Å². The number of benzene rings is 3. The first-order valence-corrected chi connectivity index (χ1v) is 12.3. The maximum absolute atomic E-state index is 11.8. The normalized spacial score (nSPS) is 11.6. The first-order valence-electron chi connectivity index (χ1n) is 11.9. The Labute approximate surface area is 231 Å². The van der Waals surface area contributed by atoms with Crippen LogP contribution in [0.4, 0.5) is 0 Å². The number of carboxylic acids is 1. The monoisotopic (exact) mass is 537 g/mol. The highest BCUT2D eigenvalue weighted by Crippen LogP contribution is 2.27. The van der Waals surface area contributed by atoms with Crippen molar-refractivity contribution >= 4 is 40.6 Å². The summed E-state index contributed by atoms with van der Waals surface area (Å²) >= 11 is 6.11. The molecule has 4 rings (SSSR count). The maximum atomic E-state index is 11.8. The van der Waals surface area contributed by atoms with Crippen LogP contribution in [-0.4, -0.2) is 35.9 Å². The minimum Gasteiger partial charge on any atom is -0.490 e. The molecule has 0 aliphatic carbocycles. The minimum absolute atomic E-state index is 0.0251. The number of ether oxygens (including phenoxy) is 3. The number of aromatic nitrogens is 1. The van der Waals surface area contributed by atoms with E-state index in [1.54, 1.807) is 6.07 Å². The topological polar surface area (TPSA) is 77.9 Å². The zero-order valence-electron chi connectivity index (χ0n) is 20.8. The molecule has 1 N–H and O–H groups in total. The third-order valence-electron chi connectivity index (χ3n) is 5.67. The lowest BCUT2D eigenvalue weighted by Crippen LogP contribution is -2.16. The summed E-state index contributed by atoms with van der Waals surface area (Å²) in [6.45, 7) is 0.117. The highest BCUT2D eigenvalue weighted by Gasteiger charge is 2.18. The van der Waals surface area contributed by atoms with E-state index in [1.165, 1.54) is 12.1 Å². The Kier molecular flexibility index (Phi) is 9.21. The van der Waals surface area contributed by atoms with Crippen molar-refractivity contribution in [3.8, 4) is 36.2 Å². The van der Waals surface area contributed by atoms with Gasteiger partial charge < -0.3 is 19.3 Å². The maximum Gasteiger partial charge on any atom is 0.339 e.